The van der Waals surface area contributed by atoms with E-state index in [1.165, 1.54) is 5.56 Å². The number of nitrogens with two attached hydrogens (primary N) is 1. The van der Waals surface area contributed by atoms with Crippen LogP contribution in [0.4, 0.5) is 0 Å². The van der Waals surface area contributed by atoms with Gasteiger partial charge in [-0.15, -0.1) is 0 Å². The standard InChI is InChI=1S/C17H21BrN2O/c1-20(13-15-6-2-3-8-17(15)18)9-10-21-16-7-4-5-14(11-16)12-19/h2-8,11H,9-10,12-13,19H2,1H3. The van der Waals surface area contributed by atoms with Crippen LogP contribution in [-0.2, 0) is 13.1 Å². The Morgan fingerprint density at radius 2 is 1.95 bits per heavy atom. The van der Waals surface area contributed by atoms with Gasteiger partial charge in [-0.1, -0.05) is 46.3 Å². The van der Waals surface area contributed by atoms with Crippen molar-refractivity contribution in [1.82, 2.24) is 4.90 Å². The monoisotopic (exact) mass is 348 g/mol. The molecule has 0 spiro atoms. The zero-order valence-electron chi connectivity index (χ0n) is 12.3. The fraction of sp³-hybridized carbons (Fsp3) is 0.294. The Morgan fingerprint density at radius 3 is 2.71 bits per heavy atom. The highest BCUT2D eigenvalue weighted by Gasteiger charge is 2.04. The number of ether oxygens (including phenoxy) is 1. The van der Waals surface area contributed by atoms with Gasteiger partial charge in [0.2, 0.25) is 0 Å². The van der Waals surface area contributed by atoms with E-state index in [0.717, 1.165) is 28.9 Å². The maximum absolute atomic E-state index is 5.78. The zero-order chi connectivity index (χ0) is 15.1. The summed E-state index contributed by atoms with van der Waals surface area (Å²) in [6, 6.07) is 16.2. The van der Waals surface area contributed by atoms with E-state index in [0.29, 0.717) is 13.2 Å². The molecule has 0 unspecified atom stereocenters. The summed E-state index contributed by atoms with van der Waals surface area (Å²) in [5, 5.41) is 0. The molecule has 0 amide bonds. The molecule has 0 bridgehead atoms. The normalized spacial score (nSPS) is 10.9. The molecular weight excluding hydrogens is 328 g/mol. The topological polar surface area (TPSA) is 38.5 Å². The van der Waals surface area contributed by atoms with E-state index >= 15 is 0 Å². The molecule has 2 N–H and O–H groups in total. The Kier molecular flexibility index (Phi) is 6.23. The summed E-state index contributed by atoms with van der Waals surface area (Å²) >= 11 is 3.58. The number of hydrogen-bond acceptors (Lipinski definition) is 3. The van der Waals surface area contributed by atoms with Gasteiger partial charge in [0.15, 0.2) is 0 Å². The SMILES string of the molecule is CN(CCOc1cccc(CN)c1)Cc1ccccc1Br. The third-order valence-electron chi connectivity index (χ3n) is 3.27. The van der Waals surface area contributed by atoms with Gasteiger partial charge in [0.05, 0.1) is 0 Å². The fourth-order valence-electron chi connectivity index (χ4n) is 2.08. The highest BCUT2D eigenvalue weighted by Crippen LogP contribution is 2.17. The quantitative estimate of drug-likeness (QED) is 0.833. The van der Waals surface area contributed by atoms with Crippen molar-refractivity contribution in [3.63, 3.8) is 0 Å². The van der Waals surface area contributed by atoms with Gasteiger partial charge in [0, 0.05) is 24.1 Å². The van der Waals surface area contributed by atoms with Crippen molar-refractivity contribution in [2.75, 3.05) is 20.2 Å². The number of hydrogen-bond donors (Lipinski definition) is 1. The molecule has 4 heteroatoms. The number of nitrogens with zero attached hydrogens (tertiary/aromatic N) is 1. The van der Waals surface area contributed by atoms with E-state index in [1.54, 1.807) is 0 Å². The molecule has 0 aliphatic carbocycles. The molecule has 0 saturated heterocycles. The van der Waals surface area contributed by atoms with Crippen LogP contribution in [0, 0.1) is 0 Å². The minimum atomic E-state index is 0.541. The maximum atomic E-state index is 5.78. The van der Waals surface area contributed by atoms with E-state index in [2.05, 4.69) is 46.1 Å². The van der Waals surface area contributed by atoms with E-state index in [9.17, 15) is 0 Å². The van der Waals surface area contributed by atoms with Crippen LogP contribution < -0.4 is 10.5 Å². The van der Waals surface area contributed by atoms with E-state index < -0.39 is 0 Å². The second-order valence-corrected chi connectivity index (χ2v) is 5.88. The number of rotatable bonds is 7. The summed E-state index contributed by atoms with van der Waals surface area (Å²) < 4.78 is 6.92. The van der Waals surface area contributed by atoms with Crippen molar-refractivity contribution in [1.29, 1.82) is 0 Å². The van der Waals surface area contributed by atoms with Crippen molar-refractivity contribution in [2.24, 2.45) is 5.73 Å². The van der Waals surface area contributed by atoms with Crippen LogP contribution in [0.5, 0.6) is 5.75 Å². The lowest BCUT2D eigenvalue weighted by Gasteiger charge is -2.18. The van der Waals surface area contributed by atoms with Gasteiger partial charge in [-0.05, 0) is 36.4 Å². The van der Waals surface area contributed by atoms with E-state index in [4.69, 9.17) is 10.5 Å². The smallest absolute Gasteiger partial charge is 0.119 e. The summed E-state index contributed by atoms with van der Waals surface area (Å²) in [5.74, 6) is 0.882. The number of halogens is 1. The largest absolute Gasteiger partial charge is 0.492 e. The van der Waals surface area contributed by atoms with Gasteiger partial charge in [0.25, 0.3) is 0 Å². The Bertz CT molecular complexity index is 574. The van der Waals surface area contributed by atoms with Crippen LogP contribution in [0.3, 0.4) is 0 Å². The van der Waals surface area contributed by atoms with Gasteiger partial charge in [0.1, 0.15) is 12.4 Å². The third-order valence-corrected chi connectivity index (χ3v) is 4.05. The van der Waals surface area contributed by atoms with Crippen LogP contribution in [0.1, 0.15) is 11.1 Å². The van der Waals surface area contributed by atoms with Crippen LogP contribution in [-0.4, -0.2) is 25.1 Å². The average Bonchev–Trinajstić information content (AvgIpc) is 2.50. The zero-order valence-corrected chi connectivity index (χ0v) is 13.8. The highest BCUT2D eigenvalue weighted by atomic mass is 79.9. The molecule has 0 aliphatic rings. The Labute approximate surface area is 134 Å². The molecule has 0 radical (unpaired) electrons. The lowest BCUT2D eigenvalue weighted by molar-refractivity contribution is 0.232. The van der Waals surface area contributed by atoms with Crippen molar-refractivity contribution in [2.45, 2.75) is 13.1 Å². The number of benzene rings is 2. The fourth-order valence-corrected chi connectivity index (χ4v) is 2.49. The van der Waals surface area contributed by atoms with Crippen LogP contribution in [0.2, 0.25) is 0 Å². The molecule has 0 aliphatic heterocycles. The lowest BCUT2D eigenvalue weighted by Crippen LogP contribution is -2.24. The Balaban J connectivity index is 1.79. The minimum Gasteiger partial charge on any atom is -0.492 e. The summed E-state index contributed by atoms with van der Waals surface area (Å²) in [5.41, 5.74) is 8.00. The van der Waals surface area contributed by atoms with Crippen LogP contribution >= 0.6 is 15.9 Å². The summed E-state index contributed by atoms with van der Waals surface area (Å²) in [4.78, 5) is 2.24. The van der Waals surface area contributed by atoms with Gasteiger partial charge in [-0.2, -0.15) is 0 Å². The minimum absolute atomic E-state index is 0.541. The first-order chi connectivity index (χ1) is 10.2. The molecule has 0 atom stereocenters. The van der Waals surface area contributed by atoms with Gasteiger partial charge >= 0.3 is 0 Å². The van der Waals surface area contributed by atoms with Gasteiger partial charge in [-0.3, -0.25) is 4.90 Å². The predicted octanol–water partition coefficient (Wildman–Crippen LogP) is 3.42. The molecule has 21 heavy (non-hydrogen) atoms. The van der Waals surface area contributed by atoms with Crippen molar-refractivity contribution < 1.29 is 4.74 Å². The van der Waals surface area contributed by atoms with Crippen molar-refractivity contribution in [3.8, 4) is 5.75 Å². The first-order valence-electron chi connectivity index (χ1n) is 7.03. The Morgan fingerprint density at radius 1 is 1.14 bits per heavy atom. The molecule has 2 aromatic carbocycles. The van der Waals surface area contributed by atoms with E-state index in [-0.39, 0.29) is 0 Å². The van der Waals surface area contributed by atoms with Gasteiger partial charge < -0.3 is 10.5 Å². The van der Waals surface area contributed by atoms with Crippen molar-refractivity contribution in [3.05, 3.63) is 64.1 Å². The van der Waals surface area contributed by atoms with Crippen LogP contribution in [0.15, 0.2) is 53.0 Å². The summed E-state index contributed by atoms with van der Waals surface area (Å²) in [6.07, 6.45) is 0. The van der Waals surface area contributed by atoms with Crippen LogP contribution in [0.25, 0.3) is 0 Å². The van der Waals surface area contributed by atoms with E-state index in [1.807, 2.05) is 30.3 Å². The first-order valence-corrected chi connectivity index (χ1v) is 7.82. The molecule has 0 heterocycles. The molecule has 0 aromatic heterocycles. The molecule has 2 rings (SSSR count). The maximum Gasteiger partial charge on any atom is 0.119 e. The number of likely N-dealkylation sites (N-methyl/N-ethyl adjacent to an activating group) is 1. The second-order valence-electron chi connectivity index (χ2n) is 5.03. The lowest BCUT2D eigenvalue weighted by atomic mass is 10.2. The molecule has 0 fully saturated rings. The second kappa shape index (κ2) is 8.17. The molecule has 2 aromatic rings. The first kappa shape index (κ1) is 16.0. The summed E-state index contributed by atoms with van der Waals surface area (Å²) in [6.45, 7) is 2.97. The average molecular weight is 349 g/mol. The third kappa shape index (κ3) is 5.16. The molecule has 112 valence electrons. The van der Waals surface area contributed by atoms with Gasteiger partial charge in [-0.25, -0.2) is 0 Å². The molecule has 0 saturated carbocycles. The highest BCUT2D eigenvalue weighted by molar-refractivity contribution is 9.10. The Hall–Kier alpha value is -1.36. The molecule has 3 nitrogen and oxygen atoms in total. The summed E-state index contributed by atoms with van der Waals surface area (Å²) in [7, 11) is 2.10. The predicted molar refractivity (Wildman–Crippen MR) is 90.3 cm³/mol. The van der Waals surface area contributed by atoms with Crippen molar-refractivity contribution >= 4 is 15.9 Å². The molecular formula is C17H21BrN2O.